The second-order valence-corrected chi connectivity index (χ2v) is 8.64. The van der Waals surface area contributed by atoms with Crippen LogP contribution in [-0.4, -0.2) is 65.2 Å². The average molecular weight is 397 g/mol. The largest absolute Gasteiger partial charge is 0.490 e. The summed E-state index contributed by atoms with van der Waals surface area (Å²) in [6, 6.07) is 5.18. The third-order valence-corrected chi connectivity index (χ3v) is 6.09. The van der Waals surface area contributed by atoms with Crippen LogP contribution in [0.3, 0.4) is 0 Å². The van der Waals surface area contributed by atoms with Crippen molar-refractivity contribution in [2.75, 3.05) is 39.9 Å². The fraction of sp³-hybridized carbons (Fsp3) is 0.611. The van der Waals surface area contributed by atoms with Gasteiger partial charge in [0.25, 0.3) is 0 Å². The van der Waals surface area contributed by atoms with Crippen molar-refractivity contribution in [3.05, 3.63) is 18.2 Å². The van der Waals surface area contributed by atoms with Crippen molar-refractivity contribution < 1.29 is 22.7 Å². The van der Waals surface area contributed by atoms with Crippen molar-refractivity contribution >= 4 is 15.9 Å². The molecule has 0 aromatic heterocycles. The van der Waals surface area contributed by atoms with Crippen molar-refractivity contribution in [2.45, 2.75) is 36.6 Å². The number of nitrogens with zero attached hydrogens (tertiary/aromatic N) is 1. The summed E-state index contributed by atoms with van der Waals surface area (Å²) in [4.78, 5) is 14.2. The summed E-state index contributed by atoms with van der Waals surface area (Å²) in [5.41, 5.74) is 0. The maximum absolute atomic E-state index is 12.4. The van der Waals surface area contributed by atoms with Gasteiger partial charge in [0.05, 0.1) is 18.1 Å². The highest BCUT2D eigenvalue weighted by Crippen LogP contribution is 2.31. The third-order valence-electron chi connectivity index (χ3n) is 4.63. The number of nitrogens with one attached hydrogen (secondary N) is 2. The number of benzene rings is 1. The summed E-state index contributed by atoms with van der Waals surface area (Å²) in [5.74, 6) is 0.801. The highest BCUT2D eigenvalue weighted by molar-refractivity contribution is 7.89. The summed E-state index contributed by atoms with van der Waals surface area (Å²) in [6.07, 6.45) is 3.30. The van der Waals surface area contributed by atoms with Gasteiger partial charge in [0, 0.05) is 44.6 Å². The predicted molar refractivity (Wildman–Crippen MR) is 101 cm³/mol. The van der Waals surface area contributed by atoms with Gasteiger partial charge in [0.1, 0.15) is 0 Å². The molecule has 0 bridgehead atoms. The fourth-order valence-corrected chi connectivity index (χ4v) is 3.90. The van der Waals surface area contributed by atoms with Crippen LogP contribution in [-0.2, 0) is 14.8 Å². The monoisotopic (exact) mass is 397 g/mol. The summed E-state index contributed by atoms with van der Waals surface area (Å²) in [5, 5.41) is 2.82. The molecule has 1 heterocycles. The molecule has 2 aliphatic rings. The molecule has 1 saturated carbocycles. The Hall–Kier alpha value is -1.84. The first-order valence-electron chi connectivity index (χ1n) is 9.32. The Morgan fingerprint density at radius 2 is 1.93 bits per heavy atom. The first-order chi connectivity index (χ1) is 13.0. The zero-order chi connectivity index (χ0) is 19.3. The minimum Gasteiger partial charge on any atom is -0.490 e. The molecular weight excluding hydrogens is 370 g/mol. The van der Waals surface area contributed by atoms with Crippen LogP contribution in [0.15, 0.2) is 23.1 Å². The van der Waals surface area contributed by atoms with Gasteiger partial charge in [0.2, 0.25) is 15.9 Å². The van der Waals surface area contributed by atoms with Crippen molar-refractivity contribution in [3.63, 3.8) is 0 Å². The maximum atomic E-state index is 12.4. The van der Waals surface area contributed by atoms with E-state index in [1.165, 1.54) is 25.0 Å². The molecule has 0 spiro atoms. The van der Waals surface area contributed by atoms with Crippen LogP contribution in [0.25, 0.3) is 0 Å². The summed E-state index contributed by atoms with van der Waals surface area (Å²) in [6.45, 7) is 2.45. The van der Waals surface area contributed by atoms with Crippen molar-refractivity contribution in [2.24, 2.45) is 0 Å². The number of hydrogen-bond donors (Lipinski definition) is 2. The predicted octanol–water partition coefficient (Wildman–Crippen LogP) is 0.727. The topological polar surface area (TPSA) is 97.0 Å². The SMILES string of the molecule is CN(CCNC(=O)CCNS(=O)(=O)c1ccc2c(c1)OCCCO2)C1CC1. The van der Waals surface area contributed by atoms with Gasteiger partial charge in [-0.3, -0.25) is 4.79 Å². The second-order valence-electron chi connectivity index (χ2n) is 6.87. The molecule has 3 rings (SSSR count). The highest BCUT2D eigenvalue weighted by Gasteiger charge is 2.25. The number of likely N-dealkylation sites (N-methyl/N-ethyl adjacent to an activating group) is 1. The van der Waals surface area contributed by atoms with Gasteiger partial charge in [-0.15, -0.1) is 0 Å². The number of carbonyl (C=O) groups excluding carboxylic acids is 1. The molecule has 2 N–H and O–H groups in total. The first kappa shape index (κ1) is 19.9. The van der Waals surface area contributed by atoms with E-state index in [-0.39, 0.29) is 23.8 Å². The number of amides is 1. The lowest BCUT2D eigenvalue weighted by Crippen LogP contribution is -2.35. The van der Waals surface area contributed by atoms with Crippen LogP contribution >= 0.6 is 0 Å². The lowest BCUT2D eigenvalue weighted by molar-refractivity contribution is -0.120. The van der Waals surface area contributed by atoms with E-state index < -0.39 is 10.0 Å². The van der Waals surface area contributed by atoms with Crippen LogP contribution in [0.4, 0.5) is 0 Å². The normalized spacial score (nSPS) is 16.8. The minimum atomic E-state index is -3.71. The van der Waals surface area contributed by atoms with E-state index in [9.17, 15) is 13.2 Å². The second kappa shape index (κ2) is 8.90. The highest BCUT2D eigenvalue weighted by atomic mass is 32.2. The maximum Gasteiger partial charge on any atom is 0.240 e. The Labute approximate surface area is 160 Å². The summed E-state index contributed by atoms with van der Waals surface area (Å²) >= 11 is 0. The van der Waals surface area contributed by atoms with Gasteiger partial charge in [-0.1, -0.05) is 0 Å². The summed E-state index contributed by atoms with van der Waals surface area (Å²) in [7, 11) is -1.66. The molecule has 1 aromatic carbocycles. The lowest BCUT2D eigenvalue weighted by Gasteiger charge is -2.15. The molecule has 8 nitrogen and oxygen atoms in total. The molecule has 27 heavy (non-hydrogen) atoms. The Morgan fingerprint density at radius 1 is 1.19 bits per heavy atom. The Balaban J connectivity index is 1.44. The number of sulfonamides is 1. The molecule has 0 atom stereocenters. The van der Waals surface area contributed by atoms with Gasteiger partial charge in [-0.05, 0) is 32.0 Å². The lowest BCUT2D eigenvalue weighted by atomic mass is 10.3. The molecular formula is C18H27N3O5S. The minimum absolute atomic E-state index is 0.0427. The standard InChI is InChI=1S/C18H27N3O5S/c1-21(14-3-4-14)10-9-19-18(22)7-8-20-27(23,24)15-5-6-16-17(13-15)26-12-2-11-25-16/h5-6,13-14,20H,2-4,7-12H2,1H3,(H,19,22). The number of fused-ring (bicyclic) bond motifs is 1. The number of ether oxygens (including phenoxy) is 2. The van der Waals surface area contributed by atoms with E-state index in [0.717, 1.165) is 13.0 Å². The van der Waals surface area contributed by atoms with Gasteiger partial charge >= 0.3 is 0 Å². The van der Waals surface area contributed by atoms with E-state index in [2.05, 4.69) is 14.9 Å². The Morgan fingerprint density at radius 3 is 2.67 bits per heavy atom. The molecule has 1 amide bonds. The molecule has 1 aliphatic carbocycles. The molecule has 0 saturated heterocycles. The van der Waals surface area contributed by atoms with Crippen LogP contribution < -0.4 is 19.5 Å². The van der Waals surface area contributed by atoms with E-state index in [1.807, 2.05) is 7.05 Å². The molecule has 1 aliphatic heterocycles. The number of hydrogen-bond acceptors (Lipinski definition) is 6. The molecule has 1 fully saturated rings. The zero-order valence-electron chi connectivity index (χ0n) is 15.6. The first-order valence-corrected chi connectivity index (χ1v) is 10.8. The van der Waals surface area contributed by atoms with Crippen molar-refractivity contribution in [3.8, 4) is 11.5 Å². The molecule has 1 aromatic rings. The van der Waals surface area contributed by atoms with Gasteiger partial charge in [0.15, 0.2) is 11.5 Å². The summed E-state index contributed by atoms with van der Waals surface area (Å²) < 4.78 is 38.3. The molecule has 0 unspecified atom stereocenters. The Bertz CT molecular complexity index is 764. The van der Waals surface area contributed by atoms with Gasteiger partial charge < -0.3 is 19.7 Å². The quantitative estimate of drug-likeness (QED) is 0.638. The Kier molecular flexibility index (Phi) is 6.56. The van der Waals surface area contributed by atoms with Crippen molar-refractivity contribution in [1.82, 2.24) is 14.9 Å². The molecule has 0 radical (unpaired) electrons. The third kappa shape index (κ3) is 5.82. The van der Waals surface area contributed by atoms with Gasteiger partial charge in [-0.2, -0.15) is 0 Å². The smallest absolute Gasteiger partial charge is 0.240 e. The zero-order valence-corrected chi connectivity index (χ0v) is 16.4. The van der Waals surface area contributed by atoms with Crippen molar-refractivity contribution in [1.29, 1.82) is 0 Å². The van der Waals surface area contributed by atoms with E-state index in [0.29, 0.717) is 37.3 Å². The van der Waals surface area contributed by atoms with Crippen LogP contribution in [0, 0.1) is 0 Å². The molecule has 9 heteroatoms. The van der Waals surface area contributed by atoms with Crippen LogP contribution in [0.5, 0.6) is 11.5 Å². The number of rotatable bonds is 9. The van der Waals surface area contributed by atoms with E-state index in [4.69, 9.17) is 9.47 Å². The van der Waals surface area contributed by atoms with E-state index in [1.54, 1.807) is 6.07 Å². The van der Waals surface area contributed by atoms with Crippen LogP contribution in [0.2, 0.25) is 0 Å². The number of carbonyl (C=O) groups is 1. The average Bonchev–Trinajstić information content (AvgIpc) is 3.47. The van der Waals surface area contributed by atoms with Crippen LogP contribution in [0.1, 0.15) is 25.7 Å². The van der Waals surface area contributed by atoms with Gasteiger partial charge in [-0.25, -0.2) is 13.1 Å². The van der Waals surface area contributed by atoms with E-state index >= 15 is 0 Å². The fourth-order valence-electron chi connectivity index (χ4n) is 2.85. The molecule has 150 valence electrons.